The maximum absolute atomic E-state index is 15.0. The largest absolute Gasteiger partial charge is 0.504 e. The van der Waals surface area contributed by atoms with Crippen LogP contribution in [0.2, 0.25) is 0 Å². The van der Waals surface area contributed by atoms with Gasteiger partial charge in [0, 0.05) is 135 Å². The van der Waals surface area contributed by atoms with Crippen molar-refractivity contribution in [1.29, 1.82) is 10.5 Å². The minimum absolute atomic E-state index is 0.0454. The van der Waals surface area contributed by atoms with Gasteiger partial charge in [-0.05, 0) is 123 Å². The Kier molecular flexibility index (Phi) is 18.1. The van der Waals surface area contributed by atoms with Gasteiger partial charge in [0.25, 0.3) is 0 Å². The number of aryl methyl sites for hydroxylation is 2. The lowest BCUT2D eigenvalue weighted by Gasteiger charge is -2.62. The Morgan fingerprint density at radius 1 is 0.609 bits per heavy atom. The molecule has 596 valence electrons. The Labute approximate surface area is 670 Å². The summed E-state index contributed by atoms with van der Waals surface area (Å²) in [6.07, 6.45) is 4.14. The number of nitrogens with zero attached hydrogens (tertiary/aromatic N) is 5. The molecule has 0 amide bonds. The Hall–Kier alpha value is -10.5. The molecule has 4 fully saturated rings. The Balaban J connectivity index is 0.000000154. The zero-order chi connectivity index (χ0) is 79.9. The van der Waals surface area contributed by atoms with Crippen LogP contribution in [-0.4, -0.2) is 181 Å². The molecule has 0 aliphatic carbocycles. The lowest BCUT2D eigenvalue weighted by Crippen LogP contribution is -2.70. The highest BCUT2D eigenvalue weighted by atomic mass is 32.2. The summed E-state index contributed by atoms with van der Waals surface area (Å²) < 4.78 is 72.8. The number of aromatic hydroxyl groups is 2. The van der Waals surface area contributed by atoms with E-state index in [1.54, 1.807) is 28.4 Å². The van der Waals surface area contributed by atoms with Crippen LogP contribution >= 0.6 is 23.5 Å². The second kappa shape index (κ2) is 27.9. The van der Waals surface area contributed by atoms with E-state index in [0.29, 0.717) is 147 Å². The smallest absolute Gasteiger partial charge is 0.333 e. The van der Waals surface area contributed by atoms with Gasteiger partial charge in [-0.2, -0.15) is 10.5 Å². The molecule has 14 aliphatic heterocycles. The first-order valence-corrected chi connectivity index (χ1v) is 40.8. The van der Waals surface area contributed by atoms with E-state index >= 15 is 0 Å². The van der Waals surface area contributed by atoms with Crippen molar-refractivity contribution in [3.8, 4) is 81.1 Å². The summed E-state index contributed by atoms with van der Waals surface area (Å²) >= 11 is 3.05. The number of hydrogen-bond donors (Lipinski definition) is 7. The third kappa shape index (κ3) is 10.8. The molecular formula is C85H86N10O18S2. The Morgan fingerprint density at radius 2 is 1.09 bits per heavy atom. The standard InChI is InChI=1S/C44H45N5O9S.C41H41N5O9S/c1-7-12-48-28-14-23-13-20(2)37(54-6)36(51)31(23)34(48)35-41-33-32(40-39(56-19-57-40)21(3)38(33)58-22(4)50)30(49(35)29(28)16-45)17-55-43(52)44(18-59-41)42-25(10-11-46-44)26-15-24(53-5)8-9-27(26)47-42;1-17-10-20-11-25-26(13-42)46-27-14-52-40(49)41(39-22(8-9-43-41)23-12-21(50-4)6-7-24(23)45-39)15-56-38(32(46)31(44-25)28(20)33(48)34(17)51-5)30-29(27)37-36(53-16-54-37)18(2)35(30)55-19(3)47/h7-9,13,15,28-30,34-35,41,46-47,51H,1,10-12,14,17-19H2,2-6H3;6-7,10,12,25-27,31-32,38,43-45,48H,8-9,11,14-16H2,1-5H3/t28-,29-,30-,34+,35?,41+,44+;25-,26-,27-,31+,32?,38+,41+/m00/s1. The summed E-state index contributed by atoms with van der Waals surface area (Å²) in [5, 5.41) is 58.4. The maximum Gasteiger partial charge on any atom is 0.333 e. The molecule has 8 aromatic rings. The van der Waals surface area contributed by atoms with Gasteiger partial charge in [-0.25, -0.2) is 9.59 Å². The molecule has 0 radical (unpaired) electrons. The molecule has 7 N–H and O–H groups in total. The van der Waals surface area contributed by atoms with Gasteiger partial charge in [0.05, 0.1) is 86.6 Å². The number of fused-ring (bicyclic) bond motifs is 22. The van der Waals surface area contributed by atoms with E-state index in [9.17, 15) is 39.9 Å². The van der Waals surface area contributed by atoms with E-state index in [1.165, 1.54) is 37.4 Å². The van der Waals surface area contributed by atoms with Gasteiger partial charge in [0.2, 0.25) is 13.6 Å². The summed E-state index contributed by atoms with van der Waals surface area (Å²) in [4.78, 5) is 69.7. The van der Waals surface area contributed by atoms with Crippen molar-refractivity contribution in [3.63, 3.8) is 0 Å². The number of aromatic nitrogens is 2. The molecule has 2 aromatic heterocycles. The van der Waals surface area contributed by atoms with Gasteiger partial charge in [-0.1, -0.05) is 18.2 Å². The SMILES string of the molecule is C=CCN1[C@@H]2c3c(cc(C)c(OC)c3O)C[C@H]1[C@H](C#N)N1C2[C@@H]2SC[C@]3(NCCc4c3[nH]c3ccc(OC)cc43)C(=O)OC[C@H]1c1c3c(c(C)c(OC(C)=O)c12)OCO3.COc1ccc2[nH]c3c(c2c1)CCN[C@]31CS[C@@H]2c3c(OC(C)=O)c(C)c4c(c3[C@H](COC1=O)N1C2[C@@H]2N[C@@H](Cc3cc(C)c(OC)c(O)c32)[C@@H]1C#N)OCO4. The predicted octanol–water partition coefficient (Wildman–Crippen LogP) is 9.74. The number of esters is 4. The Morgan fingerprint density at radius 3 is 1.57 bits per heavy atom. The van der Waals surface area contributed by atoms with Crippen molar-refractivity contribution < 1.29 is 86.2 Å². The van der Waals surface area contributed by atoms with Crippen molar-refractivity contribution in [1.82, 2.24) is 40.6 Å². The van der Waals surface area contributed by atoms with Crippen LogP contribution in [0.4, 0.5) is 0 Å². The molecular weight excluding hydrogens is 1510 g/mol. The van der Waals surface area contributed by atoms with Crippen LogP contribution in [0.5, 0.6) is 69.0 Å². The van der Waals surface area contributed by atoms with E-state index in [2.05, 4.69) is 65.4 Å². The molecule has 28 nitrogen and oxygen atoms in total. The minimum atomic E-state index is -1.31. The number of phenols is 2. The summed E-state index contributed by atoms with van der Waals surface area (Å²) in [6.45, 7) is 15.4. The second-order valence-corrected chi connectivity index (χ2v) is 33.8. The third-order valence-electron chi connectivity index (χ3n) is 25.8. The predicted molar refractivity (Wildman–Crippen MR) is 421 cm³/mol. The zero-order valence-electron chi connectivity index (χ0n) is 65.0. The van der Waals surface area contributed by atoms with E-state index in [4.69, 9.17) is 56.8 Å². The number of phenolic OH excluding ortho intramolecular Hbond substituents is 2. The molecule has 2 spiro atoms. The molecule has 115 heavy (non-hydrogen) atoms. The van der Waals surface area contributed by atoms with Gasteiger partial charge >= 0.3 is 23.9 Å². The molecule has 4 saturated heterocycles. The normalized spacial score (nSPS) is 28.1. The van der Waals surface area contributed by atoms with Crippen LogP contribution in [0.3, 0.4) is 0 Å². The number of ether oxygens (including phenoxy) is 12. The van der Waals surface area contributed by atoms with Crippen LogP contribution < -0.4 is 63.3 Å². The van der Waals surface area contributed by atoms with Crippen LogP contribution in [0, 0.1) is 50.4 Å². The quantitative estimate of drug-likeness (QED) is 0.0422. The number of benzene rings is 6. The number of carbonyl (C=O) groups is 4. The number of nitriles is 2. The molecule has 22 rings (SSSR count). The monoisotopic (exact) mass is 1600 g/mol. The van der Waals surface area contributed by atoms with Crippen LogP contribution in [0.15, 0.2) is 61.2 Å². The average Bonchev–Trinajstić information content (AvgIpc) is 1.27. The number of nitrogens with one attached hydrogen (secondary N) is 5. The van der Waals surface area contributed by atoms with Crippen molar-refractivity contribution >= 4 is 69.2 Å². The summed E-state index contributed by atoms with van der Waals surface area (Å²) in [6, 6.07) is 15.5. The molecule has 30 heteroatoms. The number of piperazine rings is 2. The highest BCUT2D eigenvalue weighted by molar-refractivity contribution is 7.99. The van der Waals surface area contributed by atoms with E-state index in [0.717, 1.165) is 66.6 Å². The van der Waals surface area contributed by atoms with Crippen molar-refractivity contribution in [2.45, 2.75) is 149 Å². The first-order chi connectivity index (χ1) is 55.7. The lowest BCUT2D eigenvalue weighted by molar-refractivity contribution is -0.158. The molecule has 6 aromatic carbocycles. The fourth-order valence-corrected chi connectivity index (χ4v) is 24.7. The number of rotatable bonds is 8. The van der Waals surface area contributed by atoms with Crippen molar-refractivity contribution in [3.05, 3.63) is 150 Å². The van der Waals surface area contributed by atoms with Gasteiger partial charge < -0.3 is 82.3 Å². The number of aromatic amines is 2. The van der Waals surface area contributed by atoms with Gasteiger partial charge in [-0.3, -0.25) is 34.9 Å². The zero-order valence-corrected chi connectivity index (χ0v) is 66.6. The van der Waals surface area contributed by atoms with Gasteiger partial charge in [0.15, 0.2) is 57.1 Å². The first-order valence-electron chi connectivity index (χ1n) is 38.7. The third-order valence-corrected chi connectivity index (χ3v) is 28.8. The highest BCUT2D eigenvalue weighted by Crippen LogP contribution is 2.67. The highest BCUT2D eigenvalue weighted by Gasteiger charge is 2.65. The number of thioether (sulfide) groups is 2. The molecule has 14 aliphatic rings. The molecule has 16 heterocycles. The molecule has 8 bridgehead atoms. The van der Waals surface area contributed by atoms with Crippen LogP contribution in [0.25, 0.3) is 21.8 Å². The topological polar surface area (TPSA) is 344 Å². The van der Waals surface area contributed by atoms with Gasteiger partial charge in [0.1, 0.15) is 48.3 Å². The number of hydrogen-bond acceptors (Lipinski definition) is 28. The Bertz CT molecular complexity index is 5640. The summed E-state index contributed by atoms with van der Waals surface area (Å²) in [5.41, 5.74) is 11.5. The fourth-order valence-electron chi connectivity index (χ4n) is 21.4. The fraction of sp³-hybridized carbons (Fsp3) is 0.435. The second-order valence-electron chi connectivity index (χ2n) is 31.5. The first kappa shape index (κ1) is 74.6. The van der Waals surface area contributed by atoms with Crippen LogP contribution in [0.1, 0.15) is 138 Å². The number of H-pyrrole nitrogens is 2. The molecule has 14 atom stereocenters. The summed E-state index contributed by atoms with van der Waals surface area (Å²) in [7, 11) is 6.36. The maximum atomic E-state index is 15.0. The lowest BCUT2D eigenvalue weighted by atomic mass is 9.71. The van der Waals surface area contributed by atoms with E-state index in [-0.39, 0.29) is 61.9 Å². The molecule has 2 unspecified atom stereocenters. The van der Waals surface area contributed by atoms with Crippen molar-refractivity contribution in [2.24, 2.45) is 0 Å². The molecule has 0 saturated carbocycles. The number of carbonyl (C=O) groups excluding carboxylic acids is 4. The van der Waals surface area contributed by atoms with E-state index < -0.39 is 93.8 Å². The van der Waals surface area contributed by atoms with E-state index in [1.807, 2.05) is 76.2 Å². The average molecular weight is 1600 g/mol. The number of methoxy groups -OCH3 is 4. The minimum Gasteiger partial charge on any atom is -0.504 e. The van der Waals surface area contributed by atoms with Gasteiger partial charge in [-0.15, -0.1) is 30.1 Å². The summed E-state index contributed by atoms with van der Waals surface area (Å²) in [5.74, 6) is 3.36. The van der Waals surface area contributed by atoms with Crippen molar-refractivity contribution in [2.75, 3.05) is 86.4 Å². The van der Waals surface area contributed by atoms with Crippen LogP contribution in [-0.2, 0) is 65.4 Å².